The fourth-order valence-corrected chi connectivity index (χ4v) is 1.66. The molecule has 2 aromatic carbocycles. The molecule has 4 heteroatoms. The molecule has 19 heavy (non-hydrogen) atoms. The first-order chi connectivity index (χ1) is 9.08. The molecule has 0 aliphatic carbocycles. The number of ether oxygens (including phenoxy) is 1. The number of aliphatic hydroxyl groups excluding tert-OH is 1. The van der Waals surface area contributed by atoms with Crippen LogP contribution in [-0.2, 0) is 6.61 Å². The highest BCUT2D eigenvalue weighted by atomic mass is 19.2. The Balaban J connectivity index is 2.04. The molecule has 0 radical (unpaired) electrons. The SMILES string of the molecule is C[C@H](O)c1ccc(OCc2cccc(F)c2F)cc1. The maximum absolute atomic E-state index is 13.4. The van der Waals surface area contributed by atoms with E-state index in [9.17, 15) is 13.9 Å². The molecule has 0 aliphatic heterocycles. The summed E-state index contributed by atoms with van der Waals surface area (Å²) in [4.78, 5) is 0. The molecule has 0 saturated carbocycles. The third kappa shape index (κ3) is 3.29. The second kappa shape index (κ2) is 5.80. The lowest BCUT2D eigenvalue weighted by molar-refractivity contribution is 0.199. The smallest absolute Gasteiger partial charge is 0.165 e. The Morgan fingerprint density at radius 3 is 2.42 bits per heavy atom. The molecule has 1 N–H and O–H groups in total. The largest absolute Gasteiger partial charge is 0.489 e. The van der Waals surface area contributed by atoms with Crippen molar-refractivity contribution in [3.63, 3.8) is 0 Å². The first-order valence-electron chi connectivity index (χ1n) is 5.91. The fourth-order valence-electron chi connectivity index (χ4n) is 1.66. The van der Waals surface area contributed by atoms with Crippen molar-refractivity contribution in [3.05, 3.63) is 65.2 Å². The Bertz CT molecular complexity index is 551. The topological polar surface area (TPSA) is 29.5 Å². The molecular formula is C15H14F2O2. The number of hydrogen-bond donors (Lipinski definition) is 1. The van der Waals surface area contributed by atoms with Gasteiger partial charge >= 0.3 is 0 Å². The Labute approximate surface area is 110 Å². The molecule has 0 aromatic heterocycles. The second-order valence-corrected chi connectivity index (χ2v) is 4.25. The van der Waals surface area contributed by atoms with Crippen LogP contribution in [0.25, 0.3) is 0 Å². The van der Waals surface area contributed by atoms with E-state index >= 15 is 0 Å². The van der Waals surface area contributed by atoms with Crippen LogP contribution in [0.15, 0.2) is 42.5 Å². The van der Waals surface area contributed by atoms with E-state index in [2.05, 4.69) is 0 Å². The van der Waals surface area contributed by atoms with Gasteiger partial charge in [0, 0.05) is 5.56 Å². The summed E-state index contributed by atoms with van der Waals surface area (Å²) in [6.07, 6.45) is -0.547. The fraction of sp³-hybridized carbons (Fsp3) is 0.200. The van der Waals surface area contributed by atoms with Crippen molar-refractivity contribution in [2.45, 2.75) is 19.6 Å². The maximum atomic E-state index is 13.4. The highest BCUT2D eigenvalue weighted by Crippen LogP contribution is 2.19. The van der Waals surface area contributed by atoms with Crippen molar-refractivity contribution in [2.24, 2.45) is 0 Å². The third-order valence-electron chi connectivity index (χ3n) is 2.79. The number of halogens is 2. The molecule has 0 amide bonds. The molecule has 1 atom stereocenters. The minimum Gasteiger partial charge on any atom is -0.489 e. The zero-order chi connectivity index (χ0) is 13.8. The molecule has 100 valence electrons. The number of benzene rings is 2. The van der Waals surface area contributed by atoms with Crippen molar-refractivity contribution >= 4 is 0 Å². The van der Waals surface area contributed by atoms with E-state index in [1.165, 1.54) is 12.1 Å². The van der Waals surface area contributed by atoms with Gasteiger partial charge in [-0.05, 0) is 30.7 Å². The van der Waals surface area contributed by atoms with E-state index in [0.29, 0.717) is 5.75 Å². The second-order valence-electron chi connectivity index (χ2n) is 4.25. The zero-order valence-corrected chi connectivity index (χ0v) is 10.4. The van der Waals surface area contributed by atoms with Crippen LogP contribution in [0.1, 0.15) is 24.2 Å². The molecule has 0 unspecified atom stereocenters. The van der Waals surface area contributed by atoms with Crippen molar-refractivity contribution in [1.29, 1.82) is 0 Å². The van der Waals surface area contributed by atoms with Gasteiger partial charge in [-0.25, -0.2) is 8.78 Å². The number of rotatable bonds is 4. The van der Waals surface area contributed by atoms with Gasteiger partial charge in [0.15, 0.2) is 11.6 Å². The highest BCUT2D eigenvalue weighted by molar-refractivity contribution is 5.29. The summed E-state index contributed by atoms with van der Waals surface area (Å²) in [6, 6.07) is 10.8. The molecule has 0 heterocycles. The van der Waals surface area contributed by atoms with Gasteiger partial charge in [-0.15, -0.1) is 0 Å². The van der Waals surface area contributed by atoms with Crippen LogP contribution in [0.4, 0.5) is 8.78 Å². The summed E-state index contributed by atoms with van der Waals surface area (Å²) < 4.78 is 31.7. The summed E-state index contributed by atoms with van der Waals surface area (Å²) in [6.45, 7) is 1.62. The third-order valence-corrected chi connectivity index (χ3v) is 2.79. The van der Waals surface area contributed by atoms with Crippen LogP contribution >= 0.6 is 0 Å². The molecule has 0 spiro atoms. The van der Waals surface area contributed by atoms with Crippen LogP contribution in [0, 0.1) is 11.6 Å². The number of hydrogen-bond acceptors (Lipinski definition) is 2. The molecule has 0 aliphatic rings. The summed E-state index contributed by atoms with van der Waals surface area (Å²) in [5.41, 5.74) is 0.934. The molecule has 2 rings (SSSR count). The van der Waals surface area contributed by atoms with Gasteiger partial charge in [0.2, 0.25) is 0 Å². The van der Waals surface area contributed by atoms with Gasteiger partial charge in [-0.1, -0.05) is 24.3 Å². The van der Waals surface area contributed by atoms with Gasteiger partial charge in [-0.3, -0.25) is 0 Å². The molecule has 0 fully saturated rings. The maximum Gasteiger partial charge on any atom is 0.165 e. The standard InChI is InChI=1S/C15H14F2O2/c1-10(18)11-5-7-13(8-6-11)19-9-12-3-2-4-14(16)15(12)17/h2-8,10,18H,9H2,1H3/t10-/m0/s1. The monoisotopic (exact) mass is 264 g/mol. The Hall–Kier alpha value is -1.94. The van der Waals surface area contributed by atoms with E-state index in [0.717, 1.165) is 11.6 Å². The Morgan fingerprint density at radius 1 is 1.11 bits per heavy atom. The van der Waals surface area contributed by atoms with Gasteiger partial charge in [-0.2, -0.15) is 0 Å². The van der Waals surface area contributed by atoms with Crippen LogP contribution < -0.4 is 4.74 Å². The Kier molecular flexibility index (Phi) is 4.12. The van der Waals surface area contributed by atoms with Crippen molar-refractivity contribution < 1.29 is 18.6 Å². The average molecular weight is 264 g/mol. The van der Waals surface area contributed by atoms with Gasteiger partial charge < -0.3 is 9.84 Å². The highest BCUT2D eigenvalue weighted by Gasteiger charge is 2.08. The van der Waals surface area contributed by atoms with E-state index in [4.69, 9.17) is 4.74 Å². The van der Waals surface area contributed by atoms with Crippen LogP contribution in [0.5, 0.6) is 5.75 Å². The first-order valence-corrected chi connectivity index (χ1v) is 5.91. The summed E-state index contributed by atoms with van der Waals surface area (Å²) in [5, 5.41) is 9.36. The zero-order valence-electron chi connectivity index (χ0n) is 10.4. The predicted octanol–water partition coefficient (Wildman–Crippen LogP) is 3.60. The van der Waals surface area contributed by atoms with Gasteiger partial charge in [0.25, 0.3) is 0 Å². The Morgan fingerprint density at radius 2 is 1.79 bits per heavy atom. The molecule has 0 bridgehead atoms. The van der Waals surface area contributed by atoms with E-state index in [1.807, 2.05) is 0 Å². The van der Waals surface area contributed by atoms with Crippen LogP contribution in [0.3, 0.4) is 0 Å². The normalized spacial score (nSPS) is 12.2. The van der Waals surface area contributed by atoms with Crippen LogP contribution in [0.2, 0.25) is 0 Å². The summed E-state index contributed by atoms with van der Waals surface area (Å²) >= 11 is 0. The quantitative estimate of drug-likeness (QED) is 0.914. The summed E-state index contributed by atoms with van der Waals surface area (Å²) in [7, 11) is 0. The molecular weight excluding hydrogens is 250 g/mol. The molecule has 2 nitrogen and oxygen atoms in total. The number of aliphatic hydroxyl groups is 1. The van der Waals surface area contributed by atoms with Crippen molar-refractivity contribution in [1.82, 2.24) is 0 Å². The van der Waals surface area contributed by atoms with E-state index in [1.54, 1.807) is 31.2 Å². The predicted molar refractivity (Wildman–Crippen MR) is 67.8 cm³/mol. The van der Waals surface area contributed by atoms with Gasteiger partial charge in [0.1, 0.15) is 12.4 Å². The lowest BCUT2D eigenvalue weighted by Crippen LogP contribution is -2.00. The lowest BCUT2D eigenvalue weighted by atomic mass is 10.1. The molecule has 2 aromatic rings. The lowest BCUT2D eigenvalue weighted by Gasteiger charge is -2.09. The van der Waals surface area contributed by atoms with Crippen molar-refractivity contribution in [3.8, 4) is 5.75 Å². The van der Waals surface area contributed by atoms with Crippen LogP contribution in [-0.4, -0.2) is 5.11 Å². The van der Waals surface area contributed by atoms with Crippen molar-refractivity contribution in [2.75, 3.05) is 0 Å². The minimum absolute atomic E-state index is 0.0440. The minimum atomic E-state index is -0.886. The van der Waals surface area contributed by atoms with E-state index in [-0.39, 0.29) is 12.2 Å². The molecule has 0 saturated heterocycles. The van der Waals surface area contributed by atoms with Gasteiger partial charge in [0.05, 0.1) is 6.10 Å². The first kappa shape index (κ1) is 13.5. The average Bonchev–Trinajstić information content (AvgIpc) is 2.41. The summed E-state index contributed by atoms with van der Waals surface area (Å²) in [5.74, 6) is -1.23. The van der Waals surface area contributed by atoms with E-state index < -0.39 is 17.7 Å².